The molecule has 1 heterocycles. The van der Waals surface area contributed by atoms with Crippen molar-refractivity contribution in [1.29, 1.82) is 0 Å². The van der Waals surface area contributed by atoms with E-state index in [4.69, 9.17) is 22.7 Å². The van der Waals surface area contributed by atoms with Crippen molar-refractivity contribution >= 4 is 44.3 Å². The van der Waals surface area contributed by atoms with E-state index < -0.39 is 10.0 Å². The van der Waals surface area contributed by atoms with E-state index in [0.29, 0.717) is 16.4 Å². The summed E-state index contributed by atoms with van der Waals surface area (Å²) in [5.41, 5.74) is 5.74. The molecule has 0 atom stereocenters. The zero-order chi connectivity index (χ0) is 15.5. The van der Waals surface area contributed by atoms with Gasteiger partial charge in [-0.25, -0.2) is 13.4 Å². The van der Waals surface area contributed by atoms with E-state index in [0.717, 1.165) is 11.3 Å². The van der Waals surface area contributed by atoms with E-state index in [1.807, 2.05) is 0 Å². The molecule has 0 unspecified atom stereocenters. The van der Waals surface area contributed by atoms with E-state index in [2.05, 4.69) is 9.71 Å². The molecule has 0 radical (unpaired) electrons. The van der Waals surface area contributed by atoms with Crippen molar-refractivity contribution in [2.45, 2.75) is 11.1 Å². The number of hydrogen-bond acceptors (Lipinski definition) is 6. The summed E-state index contributed by atoms with van der Waals surface area (Å²) < 4.78 is 32.3. The third-order valence-electron chi connectivity index (χ3n) is 2.33. The number of anilines is 1. The second kappa shape index (κ2) is 6.37. The Balaban J connectivity index is 2.16. The molecule has 0 amide bonds. The van der Waals surface area contributed by atoms with E-state index in [9.17, 15) is 8.42 Å². The third-order valence-corrected chi connectivity index (χ3v) is 5.21. The average molecular weight is 343 g/mol. The van der Waals surface area contributed by atoms with E-state index >= 15 is 0 Å². The lowest BCUT2D eigenvalue weighted by Crippen LogP contribution is -2.18. The van der Waals surface area contributed by atoms with Crippen molar-refractivity contribution in [1.82, 2.24) is 4.98 Å². The van der Waals surface area contributed by atoms with Gasteiger partial charge in [0.25, 0.3) is 10.0 Å². The Labute approximate surface area is 132 Å². The topological polar surface area (TPSA) is 94.3 Å². The van der Waals surface area contributed by atoms with Crippen LogP contribution in [0.2, 0.25) is 0 Å². The van der Waals surface area contributed by atoms with Crippen molar-refractivity contribution in [3.05, 3.63) is 35.5 Å². The first-order chi connectivity index (χ1) is 9.87. The van der Waals surface area contributed by atoms with Crippen molar-refractivity contribution in [3.8, 4) is 5.75 Å². The second-order valence-corrected chi connectivity index (χ2v) is 7.76. The fourth-order valence-corrected chi connectivity index (χ4v) is 3.69. The van der Waals surface area contributed by atoms with Gasteiger partial charge >= 0.3 is 0 Å². The van der Waals surface area contributed by atoms with Gasteiger partial charge in [-0.3, -0.25) is 4.72 Å². The minimum absolute atomic E-state index is 0.0968. The van der Waals surface area contributed by atoms with E-state index in [-0.39, 0.29) is 15.8 Å². The molecule has 0 bridgehead atoms. The summed E-state index contributed by atoms with van der Waals surface area (Å²) >= 11 is 5.82. The highest BCUT2D eigenvalue weighted by Gasteiger charge is 2.17. The number of hydrogen-bond donors (Lipinski definition) is 2. The molecule has 2 aromatic rings. The summed E-state index contributed by atoms with van der Waals surface area (Å²) in [4.78, 5) is 4.16. The molecular weight excluding hydrogens is 330 g/mol. The summed E-state index contributed by atoms with van der Waals surface area (Å²) in [5.74, 6) is 0.475. The number of nitrogens with zero attached hydrogens (tertiary/aromatic N) is 1. The van der Waals surface area contributed by atoms with Gasteiger partial charge in [-0.05, 0) is 19.1 Å². The van der Waals surface area contributed by atoms with Crippen molar-refractivity contribution in [2.75, 3.05) is 11.3 Å². The highest BCUT2D eigenvalue weighted by Crippen LogP contribution is 2.23. The monoisotopic (exact) mass is 343 g/mol. The Hall–Kier alpha value is -1.71. The van der Waals surface area contributed by atoms with Crippen LogP contribution in [-0.4, -0.2) is 25.0 Å². The van der Waals surface area contributed by atoms with Gasteiger partial charge in [-0.2, -0.15) is 0 Å². The van der Waals surface area contributed by atoms with E-state index in [1.165, 1.54) is 6.20 Å². The molecule has 0 fully saturated rings. The third kappa shape index (κ3) is 4.38. The number of rotatable bonds is 6. The lowest BCUT2D eigenvalue weighted by Gasteiger charge is -2.09. The molecule has 2 rings (SSSR count). The van der Waals surface area contributed by atoms with Gasteiger partial charge in [0.15, 0.2) is 4.21 Å². The van der Waals surface area contributed by atoms with Gasteiger partial charge in [0.05, 0.1) is 16.9 Å². The highest BCUT2D eigenvalue weighted by molar-refractivity contribution is 7.94. The van der Waals surface area contributed by atoms with Crippen LogP contribution < -0.4 is 15.2 Å². The zero-order valence-electron chi connectivity index (χ0n) is 11.1. The number of nitrogens with two attached hydrogens (primary N) is 1. The quantitative estimate of drug-likeness (QED) is 0.778. The summed E-state index contributed by atoms with van der Waals surface area (Å²) in [6, 6.07) is 6.54. The molecule has 21 heavy (non-hydrogen) atoms. The number of ether oxygens (including phenoxy) is 1. The molecule has 0 saturated heterocycles. The standard InChI is InChI=1S/C12H13N3O3S3/c1-8-14-6-12(20-8)21(16,17)15-9-3-2-4-10(5-9)18-7-11(13)19/h2-6,15H,7H2,1H3,(H2,13,19). The van der Waals surface area contributed by atoms with Gasteiger partial charge < -0.3 is 10.5 Å². The fourth-order valence-electron chi connectivity index (χ4n) is 1.48. The van der Waals surface area contributed by atoms with Crippen molar-refractivity contribution < 1.29 is 13.2 Å². The maximum Gasteiger partial charge on any atom is 0.273 e. The first kappa shape index (κ1) is 15.7. The Morgan fingerprint density at radius 1 is 1.52 bits per heavy atom. The molecule has 0 spiro atoms. The van der Waals surface area contributed by atoms with Crippen molar-refractivity contribution in [2.24, 2.45) is 5.73 Å². The van der Waals surface area contributed by atoms with Crippen LogP contribution in [-0.2, 0) is 10.0 Å². The number of benzene rings is 1. The number of thiocarbonyl (C=S) groups is 1. The molecular formula is C12H13N3O3S3. The number of aryl methyl sites for hydroxylation is 1. The van der Waals surface area contributed by atoms with Gasteiger partial charge in [-0.15, -0.1) is 11.3 Å². The molecule has 3 N–H and O–H groups in total. The van der Waals surface area contributed by atoms with Crippen LogP contribution in [0.5, 0.6) is 5.75 Å². The van der Waals surface area contributed by atoms with Gasteiger partial charge in [-0.1, -0.05) is 18.3 Å². The first-order valence-electron chi connectivity index (χ1n) is 5.83. The Bertz CT molecular complexity index is 756. The molecule has 6 nitrogen and oxygen atoms in total. The highest BCUT2D eigenvalue weighted by atomic mass is 32.2. The van der Waals surface area contributed by atoms with Crippen LogP contribution in [0.25, 0.3) is 0 Å². The fraction of sp³-hybridized carbons (Fsp3) is 0.167. The first-order valence-corrected chi connectivity index (χ1v) is 8.54. The predicted molar refractivity (Wildman–Crippen MR) is 86.4 cm³/mol. The average Bonchev–Trinajstić information content (AvgIpc) is 2.84. The molecule has 0 saturated carbocycles. The second-order valence-electron chi connectivity index (χ2n) is 4.09. The van der Waals surface area contributed by atoms with Crippen LogP contribution in [0.1, 0.15) is 5.01 Å². The largest absolute Gasteiger partial charge is 0.486 e. The van der Waals surface area contributed by atoms with Crippen molar-refractivity contribution in [3.63, 3.8) is 0 Å². The number of thiazole rings is 1. The minimum Gasteiger partial charge on any atom is -0.486 e. The van der Waals surface area contributed by atoms with Gasteiger partial charge in [0, 0.05) is 6.07 Å². The molecule has 0 aliphatic carbocycles. The van der Waals surface area contributed by atoms with Crippen LogP contribution >= 0.6 is 23.6 Å². The predicted octanol–water partition coefficient (Wildman–Crippen LogP) is 1.92. The Kier molecular flexibility index (Phi) is 4.76. The van der Waals surface area contributed by atoms with Crippen LogP contribution in [0.3, 0.4) is 0 Å². The summed E-state index contributed by atoms with van der Waals surface area (Å²) in [6.07, 6.45) is 1.33. The molecule has 0 aliphatic heterocycles. The van der Waals surface area contributed by atoms with Crippen LogP contribution in [0, 0.1) is 6.92 Å². The Morgan fingerprint density at radius 2 is 2.29 bits per heavy atom. The van der Waals surface area contributed by atoms with Gasteiger partial charge in [0.1, 0.15) is 17.3 Å². The normalized spacial score (nSPS) is 11.1. The summed E-state index contributed by atoms with van der Waals surface area (Å²) in [5, 5.41) is 0.684. The lowest BCUT2D eigenvalue weighted by molar-refractivity contribution is 0.378. The number of nitrogens with one attached hydrogen (secondary N) is 1. The smallest absolute Gasteiger partial charge is 0.273 e. The minimum atomic E-state index is -3.64. The SMILES string of the molecule is Cc1ncc(S(=O)(=O)Nc2cccc(OCC(N)=S)c2)s1. The molecule has 0 aliphatic rings. The van der Waals surface area contributed by atoms with E-state index in [1.54, 1.807) is 31.2 Å². The number of sulfonamides is 1. The molecule has 1 aromatic carbocycles. The Morgan fingerprint density at radius 3 is 2.90 bits per heavy atom. The number of aromatic nitrogens is 1. The maximum absolute atomic E-state index is 12.2. The maximum atomic E-state index is 12.2. The molecule has 1 aromatic heterocycles. The van der Waals surface area contributed by atoms with Crippen LogP contribution in [0.4, 0.5) is 5.69 Å². The van der Waals surface area contributed by atoms with Gasteiger partial charge in [0.2, 0.25) is 0 Å². The summed E-state index contributed by atoms with van der Waals surface area (Å²) in [7, 11) is -3.64. The molecule has 112 valence electrons. The summed E-state index contributed by atoms with van der Waals surface area (Å²) in [6.45, 7) is 1.84. The van der Waals surface area contributed by atoms with Crippen LogP contribution in [0.15, 0.2) is 34.7 Å². The molecule has 9 heteroatoms. The zero-order valence-corrected chi connectivity index (χ0v) is 13.5. The lowest BCUT2D eigenvalue weighted by atomic mass is 10.3.